The molecule has 0 spiro atoms. The molecule has 1 aromatic rings. The van der Waals surface area contributed by atoms with Gasteiger partial charge in [-0.15, -0.1) is 12.4 Å². The summed E-state index contributed by atoms with van der Waals surface area (Å²) in [7, 11) is 0. The molecular formula is C22H28ClNO2. The largest absolute Gasteiger partial charge is 0.314 e. The fourth-order valence-electron chi connectivity index (χ4n) is 4.94. The van der Waals surface area contributed by atoms with Crippen LogP contribution in [0.25, 0.3) is 0 Å². The normalized spacial score (nSPS) is 25.0. The van der Waals surface area contributed by atoms with Crippen LogP contribution in [0.2, 0.25) is 0 Å². The molecule has 1 unspecified atom stereocenters. The van der Waals surface area contributed by atoms with Gasteiger partial charge in [0.15, 0.2) is 11.6 Å². The van der Waals surface area contributed by atoms with Crippen LogP contribution in [0.4, 0.5) is 0 Å². The van der Waals surface area contributed by atoms with Crippen molar-refractivity contribution in [1.82, 2.24) is 5.32 Å². The summed E-state index contributed by atoms with van der Waals surface area (Å²) in [5, 5.41) is 3.57. The van der Waals surface area contributed by atoms with Crippen LogP contribution in [0, 0.1) is 0 Å². The van der Waals surface area contributed by atoms with Gasteiger partial charge in [-0.05, 0) is 63.5 Å². The Balaban J connectivity index is 0.00000196. The van der Waals surface area contributed by atoms with Gasteiger partial charge in [-0.3, -0.25) is 9.59 Å². The van der Waals surface area contributed by atoms with E-state index in [1.165, 1.54) is 12.8 Å². The van der Waals surface area contributed by atoms with Crippen LogP contribution in [0.3, 0.4) is 0 Å². The molecule has 1 N–H and O–H groups in total. The number of halogens is 1. The molecule has 1 saturated heterocycles. The first-order valence-corrected chi connectivity index (χ1v) is 9.84. The van der Waals surface area contributed by atoms with Crippen LogP contribution in [0.5, 0.6) is 0 Å². The Bertz CT molecular complexity index is 676. The Morgan fingerprint density at radius 3 is 2.15 bits per heavy atom. The number of carbonyl (C=O) groups is 2. The van der Waals surface area contributed by atoms with Crippen molar-refractivity contribution < 1.29 is 9.59 Å². The van der Waals surface area contributed by atoms with Crippen LogP contribution in [-0.2, 0) is 15.0 Å². The molecule has 140 valence electrons. The van der Waals surface area contributed by atoms with Crippen molar-refractivity contribution in [2.24, 2.45) is 0 Å². The number of rotatable bonds is 4. The highest BCUT2D eigenvalue weighted by atomic mass is 35.5. The number of piperidine rings is 1. The minimum absolute atomic E-state index is 0. The molecular weight excluding hydrogens is 346 g/mol. The van der Waals surface area contributed by atoms with Gasteiger partial charge in [0.1, 0.15) is 5.41 Å². The third-order valence-corrected chi connectivity index (χ3v) is 6.34. The third-order valence-electron chi connectivity index (χ3n) is 6.34. The maximum Gasteiger partial charge on any atom is 0.177 e. The summed E-state index contributed by atoms with van der Waals surface area (Å²) < 4.78 is 0. The van der Waals surface area contributed by atoms with Crippen molar-refractivity contribution in [3.63, 3.8) is 0 Å². The number of hydrogen-bond acceptors (Lipinski definition) is 3. The average molecular weight is 374 g/mol. The van der Waals surface area contributed by atoms with Crippen LogP contribution < -0.4 is 5.32 Å². The molecule has 3 aliphatic rings. The zero-order valence-corrected chi connectivity index (χ0v) is 16.1. The summed E-state index contributed by atoms with van der Waals surface area (Å²) in [4.78, 5) is 26.9. The second-order valence-electron chi connectivity index (χ2n) is 7.78. The lowest BCUT2D eigenvalue weighted by molar-refractivity contribution is -0.129. The van der Waals surface area contributed by atoms with Gasteiger partial charge in [-0.25, -0.2) is 0 Å². The quantitative estimate of drug-likeness (QED) is 0.801. The van der Waals surface area contributed by atoms with Gasteiger partial charge in [-0.2, -0.15) is 0 Å². The highest BCUT2D eigenvalue weighted by Crippen LogP contribution is 2.47. The fourth-order valence-corrected chi connectivity index (χ4v) is 4.94. The van der Waals surface area contributed by atoms with Crippen molar-refractivity contribution in [3.05, 3.63) is 47.0 Å². The lowest BCUT2D eigenvalue weighted by Gasteiger charge is -2.31. The summed E-state index contributed by atoms with van der Waals surface area (Å²) in [6.07, 6.45) is 8.81. The molecule has 1 fully saturated rings. The van der Waals surface area contributed by atoms with E-state index in [9.17, 15) is 9.59 Å². The van der Waals surface area contributed by atoms with Gasteiger partial charge in [0.2, 0.25) is 0 Å². The van der Waals surface area contributed by atoms with Gasteiger partial charge in [0, 0.05) is 17.2 Å². The Morgan fingerprint density at radius 2 is 1.58 bits per heavy atom. The van der Waals surface area contributed by atoms with E-state index in [1.807, 2.05) is 30.3 Å². The van der Waals surface area contributed by atoms with Crippen LogP contribution >= 0.6 is 12.4 Å². The number of carbonyl (C=O) groups excluding carboxylic acids is 2. The average Bonchev–Trinajstić information content (AvgIpc) is 2.90. The predicted molar refractivity (Wildman–Crippen MR) is 106 cm³/mol. The van der Waals surface area contributed by atoms with E-state index in [4.69, 9.17) is 0 Å². The monoisotopic (exact) mass is 373 g/mol. The molecule has 1 heterocycles. The Hall–Kier alpha value is -1.45. The number of nitrogens with one attached hydrogen (secondary N) is 1. The van der Waals surface area contributed by atoms with E-state index in [0.717, 1.165) is 61.8 Å². The molecule has 0 amide bonds. The van der Waals surface area contributed by atoms with E-state index < -0.39 is 5.41 Å². The number of hydrogen-bond donors (Lipinski definition) is 1. The first kappa shape index (κ1) is 19.3. The molecule has 1 aromatic carbocycles. The molecule has 2 aliphatic carbocycles. The maximum absolute atomic E-state index is 13.4. The van der Waals surface area contributed by atoms with Crippen molar-refractivity contribution >= 4 is 24.0 Å². The summed E-state index contributed by atoms with van der Waals surface area (Å²) in [5.41, 5.74) is 1.64. The van der Waals surface area contributed by atoms with Gasteiger partial charge < -0.3 is 5.32 Å². The van der Waals surface area contributed by atoms with E-state index in [-0.39, 0.29) is 24.0 Å². The zero-order chi connectivity index (χ0) is 17.3. The molecule has 0 bridgehead atoms. The van der Waals surface area contributed by atoms with Crippen molar-refractivity contribution in [1.29, 1.82) is 0 Å². The summed E-state index contributed by atoms with van der Waals surface area (Å²) in [6, 6.07) is 10.2. The lowest BCUT2D eigenvalue weighted by Crippen LogP contribution is -2.43. The fraction of sp³-hybridized carbons (Fsp3) is 0.545. The first-order valence-electron chi connectivity index (χ1n) is 9.84. The second-order valence-corrected chi connectivity index (χ2v) is 7.78. The predicted octanol–water partition coefficient (Wildman–Crippen LogP) is 4.29. The van der Waals surface area contributed by atoms with E-state index in [0.29, 0.717) is 12.5 Å². The highest BCUT2D eigenvalue weighted by molar-refractivity contribution is 6.31. The number of Topliss-reactive ketones (excluding diaryl/α,β-unsaturated/α-hetero) is 2. The molecule has 0 saturated carbocycles. The highest BCUT2D eigenvalue weighted by Gasteiger charge is 2.54. The molecule has 1 atom stereocenters. The number of benzene rings is 1. The molecule has 26 heavy (non-hydrogen) atoms. The molecule has 1 aliphatic heterocycles. The summed E-state index contributed by atoms with van der Waals surface area (Å²) in [5.74, 6) is 0.211. The van der Waals surface area contributed by atoms with Gasteiger partial charge in [0.05, 0.1) is 0 Å². The number of ketones is 2. The Morgan fingerprint density at radius 1 is 0.923 bits per heavy atom. The molecule has 0 aromatic heterocycles. The van der Waals surface area contributed by atoms with Crippen LogP contribution in [-0.4, -0.2) is 24.2 Å². The zero-order valence-electron chi connectivity index (χ0n) is 15.3. The minimum Gasteiger partial charge on any atom is -0.314 e. The van der Waals surface area contributed by atoms with Gasteiger partial charge in [-0.1, -0.05) is 36.8 Å². The molecule has 0 radical (unpaired) electrons. The van der Waals surface area contributed by atoms with E-state index >= 15 is 0 Å². The van der Waals surface area contributed by atoms with Crippen LogP contribution in [0.1, 0.15) is 63.4 Å². The minimum atomic E-state index is -0.949. The lowest BCUT2D eigenvalue weighted by atomic mass is 9.71. The molecule has 3 nitrogen and oxygen atoms in total. The van der Waals surface area contributed by atoms with Crippen molar-refractivity contribution in [3.8, 4) is 0 Å². The SMILES string of the molecule is Cl.O=C1C2=C(CCCC2)C(=O)C1(CCC1CCCCN1)c1ccccc1. The van der Waals surface area contributed by atoms with Crippen molar-refractivity contribution in [2.75, 3.05) is 6.54 Å². The number of allylic oxidation sites excluding steroid dienone is 2. The smallest absolute Gasteiger partial charge is 0.177 e. The van der Waals surface area contributed by atoms with Gasteiger partial charge >= 0.3 is 0 Å². The van der Waals surface area contributed by atoms with Crippen molar-refractivity contribution in [2.45, 2.75) is 69.2 Å². The second kappa shape index (κ2) is 8.06. The molecule has 4 rings (SSSR count). The standard InChI is InChI=1S/C22H27NO2.ClH/c24-20-18-11-4-5-12-19(18)21(25)22(20,16-8-2-1-3-9-16)14-13-17-10-6-7-15-23-17;/h1-3,8-9,17,23H,4-7,10-15H2;1H. The summed E-state index contributed by atoms with van der Waals surface area (Å²) in [6.45, 7) is 1.06. The maximum atomic E-state index is 13.4. The van der Waals surface area contributed by atoms with E-state index in [1.54, 1.807) is 0 Å². The molecule has 4 heteroatoms. The van der Waals surface area contributed by atoms with Gasteiger partial charge in [0.25, 0.3) is 0 Å². The Labute approximate surface area is 162 Å². The first-order chi connectivity index (χ1) is 12.2. The van der Waals surface area contributed by atoms with Crippen LogP contribution in [0.15, 0.2) is 41.5 Å². The third kappa shape index (κ3) is 3.16. The Kier molecular flexibility index (Phi) is 5.99. The van der Waals surface area contributed by atoms with E-state index in [2.05, 4.69) is 5.32 Å². The summed E-state index contributed by atoms with van der Waals surface area (Å²) >= 11 is 0. The topological polar surface area (TPSA) is 46.2 Å².